The van der Waals surface area contributed by atoms with Crippen molar-refractivity contribution in [3.63, 3.8) is 0 Å². The van der Waals surface area contributed by atoms with Crippen LogP contribution in [0.4, 0.5) is 5.69 Å². The molecular formula is C21H26N2O3S. The van der Waals surface area contributed by atoms with Crippen LogP contribution in [0, 0.1) is 13.8 Å². The zero-order valence-electron chi connectivity index (χ0n) is 15.9. The van der Waals surface area contributed by atoms with E-state index in [0.29, 0.717) is 18.5 Å². The number of amides is 1. The SMILES string of the molecule is Cc1ccc(S(=O)(=O)Nc2ccc(CCC(=O)N3CCCC3)cc2)cc1C. The van der Waals surface area contributed by atoms with Crippen LogP contribution < -0.4 is 4.72 Å². The maximum absolute atomic E-state index is 12.6. The van der Waals surface area contributed by atoms with E-state index in [0.717, 1.165) is 42.6 Å². The Morgan fingerprint density at radius 3 is 2.30 bits per heavy atom. The summed E-state index contributed by atoms with van der Waals surface area (Å²) in [6.45, 7) is 5.59. The van der Waals surface area contributed by atoms with Gasteiger partial charge in [0.25, 0.3) is 10.0 Å². The van der Waals surface area contributed by atoms with Crippen molar-refractivity contribution in [3.05, 3.63) is 59.2 Å². The monoisotopic (exact) mass is 386 g/mol. The first kappa shape index (κ1) is 19.4. The third-order valence-corrected chi connectivity index (χ3v) is 6.46. The number of benzene rings is 2. The molecule has 0 saturated carbocycles. The number of sulfonamides is 1. The lowest BCUT2D eigenvalue weighted by atomic mass is 10.1. The predicted molar refractivity (Wildman–Crippen MR) is 107 cm³/mol. The van der Waals surface area contributed by atoms with Gasteiger partial charge >= 0.3 is 0 Å². The van der Waals surface area contributed by atoms with Gasteiger partial charge in [0.1, 0.15) is 0 Å². The number of carbonyl (C=O) groups excluding carboxylic acids is 1. The third kappa shape index (κ3) is 4.89. The average Bonchev–Trinajstić information content (AvgIpc) is 3.17. The maximum atomic E-state index is 12.6. The summed E-state index contributed by atoms with van der Waals surface area (Å²) in [6, 6.07) is 12.3. The molecular weight excluding hydrogens is 360 g/mol. The molecule has 27 heavy (non-hydrogen) atoms. The van der Waals surface area contributed by atoms with Crippen LogP contribution in [0.3, 0.4) is 0 Å². The van der Waals surface area contributed by atoms with Gasteiger partial charge in [-0.25, -0.2) is 8.42 Å². The first-order valence-electron chi connectivity index (χ1n) is 9.32. The lowest BCUT2D eigenvalue weighted by molar-refractivity contribution is -0.130. The Bertz CT molecular complexity index is 915. The van der Waals surface area contributed by atoms with Crippen LogP contribution in [-0.2, 0) is 21.2 Å². The van der Waals surface area contributed by atoms with Crippen molar-refractivity contribution in [1.29, 1.82) is 0 Å². The van der Waals surface area contributed by atoms with Crippen LogP contribution in [0.1, 0.15) is 36.0 Å². The van der Waals surface area contributed by atoms with E-state index in [9.17, 15) is 13.2 Å². The topological polar surface area (TPSA) is 66.5 Å². The highest BCUT2D eigenvalue weighted by atomic mass is 32.2. The van der Waals surface area contributed by atoms with E-state index in [1.54, 1.807) is 24.3 Å². The molecule has 1 saturated heterocycles. The fourth-order valence-corrected chi connectivity index (χ4v) is 4.35. The lowest BCUT2D eigenvalue weighted by Gasteiger charge is -2.15. The Morgan fingerprint density at radius 1 is 1.00 bits per heavy atom. The van der Waals surface area contributed by atoms with E-state index in [2.05, 4.69) is 4.72 Å². The highest BCUT2D eigenvalue weighted by molar-refractivity contribution is 7.92. The quantitative estimate of drug-likeness (QED) is 0.824. The molecule has 6 heteroatoms. The van der Waals surface area contributed by atoms with E-state index in [1.807, 2.05) is 36.9 Å². The standard InChI is InChI=1S/C21H26N2O3S/c1-16-5-11-20(15-17(16)2)27(25,26)22-19-9-6-18(7-10-19)8-12-21(24)23-13-3-4-14-23/h5-7,9-11,15,22H,3-4,8,12-14H2,1-2H3. The molecule has 144 valence electrons. The predicted octanol–water partition coefficient (Wildman–Crippen LogP) is 3.66. The largest absolute Gasteiger partial charge is 0.343 e. The second-order valence-electron chi connectivity index (χ2n) is 7.14. The molecule has 0 atom stereocenters. The highest BCUT2D eigenvalue weighted by Gasteiger charge is 2.18. The van der Waals surface area contributed by atoms with E-state index in [1.165, 1.54) is 0 Å². The van der Waals surface area contributed by atoms with Crippen molar-refractivity contribution in [1.82, 2.24) is 4.90 Å². The van der Waals surface area contributed by atoms with Crippen LogP contribution in [0.5, 0.6) is 0 Å². The van der Waals surface area contributed by atoms with E-state index >= 15 is 0 Å². The molecule has 0 bridgehead atoms. The fourth-order valence-electron chi connectivity index (χ4n) is 3.21. The number of likely N-dealkylation sites (tertiary alicyclic amines) is 1. The molecule has 3 rings (SSSR count). The first-order chi connectivity index (χ1) is 12.8. The number of hydrogen-bond acceptors (Lipinski definition) is 3. The van der Waals surface area contributed by atoms with Crippen molar-refractivity contribution in [3.8, 4) is 0 Å². The van der Waals surface area contributed by atoms with Gasteiger partial charge in [-0.2, -0.15) is 0 Å². The number of rotatable bonds is 6. The van der Waals surface area contributed by atoms with Crippen molar-refractivity contribution >= 4 is 21.6 Å². The summed E-state index contributed by atoms with van der Waals surface area (Å²) in [6.07, 6.45) is 3.36. The number of aryl methyl sites for hydroxylation is 3. The number of carbonyl (C=O) groups is 1. The van der Waals surface area contributed by atoms with E-state index in [-0.39, 0.29) is 10.8 Å². The number of hydrogen-bond donors (Lipinski definition) is 1. The van der Waals surface area contributed by atoms with Gasteiger partial charge in [-0.1, -0.05) is 18.2 Å². The van der Waals surface area contributed by atoms with Crippen molar-refractivity contribution < 1.29 is 13.2 Å². The summed E-state index contributed by atoms with van der Waals surface area (Å²) < 4.78 is 27.7. The van der Waals surface area contributed by atoms with Gasteiger partial charge < -0.3 is 4.90 Å². The van der Waals surface area contributed by atoms with Gasteiger partial charge in [-0.05, 0) is 74.1 Å². The summed E-state index contributed by atoms with van der Waals surface area (Å²) >= 11 is 0. The minimum atomic E-state index is -3.61. The van der Waals surface area contributed by atoms with Gasteiger partial charge in [-0.3, -0.25) is 9.52 Å². The number of nitrogens with zero attached hydrogens (tertiary/aromatic N) is 1. The van der Waals surface area contributed by atoms with Gasteiger partial charge in [0.05, 0.1) is 4.90 Å². The summed E-state index contributed by atoms with van der Waals surface area (Å²) in [7, 11) is -3.61. The van der Waals surface area contributed by atoms with Crippen molar-refractivity contribution in [2.24, 2.45) is 0 Å². The molecule has 1 heterocycles. The Kier molecular flexibility index (Phi) is 5.85. The van der Waals surface area contributed by atoms with E-state index in [4.69, 9.17) is 0 Å². The normalized spacial score (nSPS) is 14.4. The third-order valence-electron chi connectivity index (χ3n) is 5.08. The van der Waals surface area contributed by atoms with Gasteiger partial charge in [0.2, 0.25) is 5.91 Å². The molecule has 0 unspecified atom stereocenters. The number of nitrogens with one attached hydrogen (secondary N) is 1. The smallest absolute Gasteiger partial charge is 0.261 e. The Labute approximate surface area is 161 Å². The van der Waals surface area contributed by atoms with Crippen LogP contribution in [0.15, 0.2) is 47.4 Å². The molecule has 0 aliphatic carbocycles. The molecule has 1 aliphatic rings. The summed E-state index contributed by atoms with van der Waals surface area (Å²) in [4.78, 5) is 14.3. The Morgan fingerprint density at radius 2 is 1.67 bits per heavy atom. The Balaban J connectivity index is 1.61. The van der Waals surface area contributed by atoms with Crippen LogP contribution in [-0.4, -0.2) is 32.3 Å². The maximum Gasteiger partial charge on any atom is 0.261 e. The second kappa shape index (κ2) is 8.13. The lowest BCUT2D eigenvalue weighted by Crippen LogP contribution is -2.27. The van der Waals surface area contributed by atoms with Crippen LogP contribution in [0.25, 0.3) is 0 Å². The van der Waals surface area contributed by atoms with Crippen LogP contribution >= 0.6 is 0 Å². The van der Waals surface area contributed by atoms with Gasteiger partial charge in [-0.15, -0.1) is 0 Å². The average molecular weight is 387 g/mol. The number of anilines is 1. The zero-order chi connectivity index (χ0) is 19.4. The fraction of sp³-hybridized carbons (Fsp3) is 0.381. The summed E-state index contributed by atoms with van der Waals surface area (Å²) in [5.41, 5.74) is 3.54. The molecule has 2 aromatic carbocycles. The minimum Gasteiger partial charge on any atom is -0.343 e. The molecule has 1 amide bonds. The molecule has 2 aromatic rings. The Hall–Kier alpha value is -2.34. The minimum absolute atomic E-state index is 0.201. The summed E-state index contributed by atoms with van der Waals surface area (Å²) in [5, 5.41) is 0. The van der Waals surface area contributed by atoms with Crippen LogP contribution in [0.2, 0.25) is 0 Å². The van der Waals surface area contributed by atoms with Crippen molar-refractivity contribution in [2.75, 3.05) is 17.8 Å². The molecule has 0 radical (unpaired) electrons. The molecule has 1 fully saturated rings. The zero-order valence-corrected chi connectivity index (χ0v) is 16.7. The second-order valence-corrected chi connectivity index (χ2v) is 8.82. The van der Waals surface area contributed by atoms with Gasteiger partial charge in [0.15, 0.2) is 0 Å². The molecule has 1 aliphatic heterocycles. The highest BCUT2D eigenvalue weighted by Crippen LogP contribution is 2.20. The summed E-state index contributed by atoms with van der Waals surface area (Å²) in [5.74, 6) is 0.201. The molecule has 0 spiro atoms. The van der Waals surface area contributed by atoms with E-state index < -0.39 is 10.0 Å². The molecule has 1 N–H and O–H groups in total. The van der Waals surface area contributed by atoms with Gasteiger partial charge in [0, 0.05) is 25.2 Å². The molecule has 0 aromatic heterocycles. The van der Waals surface area contributed by atoms with Crippen molar-refractivity contribution in [2.45, 2.75) is 44.4 Å². The molecule has 5 nitrogen and oxygen atoms in total. The first-order valence-corrected chi connectivity index (χ1v) is 10.8.